The molecule has 4 nitrogen and oxygen atoms in total. The van der Waals surface area contributed by atoms with Crippen molar-refractivity contribution >= 4 is 28.5 Å². The van der Waals surface area contributed by atoms with Crippen LogP contribution >= 0.6 is 11.6 Å². The van der Waals surface area contributed by atoms with E-state index in [1.807, 2.05) is 23.1 Å². The second-order valence-electron chi connectivity index (χ2n) is 9.10. The van der Waals surface area contributed by atoms with Gasteiger partial charge in [0.05, 0.1) is 17.6 Å². The Morgan fingerprint density at radius 2 is 1.90 bits per heavy atom. The van der Waals surface area contributed by atoms with Crippen LogP contribution in [-0.2, 0) is 6.54 Å². The maximum atomic E-state index is 13.4. The third-order valence-corrected chi connectivity index (χ3v) is 6.51. The molecule has 1 fully saturated rings. The molecule has 0 atom stereocenters. The maximum Gasteiger partial charge on any atom is 0.254 e. The van der Waals surface area contributed by atoms with Crippen molar-refractivity contribution in [1.29, 1.82) is 0 Å². The monoisotopic (exact) mass is 437 g/mol. The van der Waals surface area contributed by atoms with E-state index in [1.54, 1.807) is 12.1 Å². The van der Waals surface area contributed by atoms with Crippen LogP contribution in [0.1, 0.15) is 74.6 Å². The molecule has 0 bridgehead atoms. The van der Waals surface area contributed by atoms with Crippen LogP contribution in [-0.4, -0.2) is 26.9 Å². The third-order valence-electron chi connectivity index (χ3n) is 6.28. The Balaban J connectivity index is 1.69. The highest BCUT2D eigenvalue weighted by atomic mass is 35.5. The van der Waals surface area contributed by atoms with Gasteiger partial charge in [-0.05, 0) is 55.5 Å². The van der Waals surface area contributed by atoms with Crippen LogP contribution in [0.3, 0.4) is 0 Å². The van der Waals surface area contributed by atoms with Crippen molar-refractivity contribution in [2.24, 2.45) is 5.92 Å². The van der Waals surface area contributed by atoms with Gasteiger partial charge in [-0.3, -0.25) is 4.79 Å². The molecule has 3 aromatic rings. The minimum atomic E-state index is 0.0189. The molecule has 31 heavy (non-hydrogen) atoms. The summed E-state index contributed by atoms with van der Waals surface area (Å²) in [7, 11) is 0. The summed E-state index contributed by atoms with van der Waals surface area (Å²) in [5.74, 6) is 1.53. The molecule has 1 amide bonds. The lowest BCUT2D eigenvalue weighted by molar-refractivity contribution is 0.0728. The summed E-state index contributed by atoms with van der Waals surface area (Å²) in [5, 5.41) is 0.587. The normalized spacial score (nSPS) is 15.0. The maximum absolute atomic E-state index is 13.4. The number of rotatable bonds is 7. The number of carbonyl (C=O) groups excluding carboxylic acids is 1. The molecule has 2 aromatic carbocycles. The van der Waals surface area contributed by atoms with Crippen molar-refractivity contribution in [2.75, 3.05) is 6.54 Å². The molecule has 0 aliphatic heterocycles. The summed E-state index contributed by atoms with van der Waals surface area (Å²) in [6, 6.07) is 16.1. The molecule has 0 unspecified atom stereocenters. The van der Waals surface area contributed by atoms with Crippen LogP contribution < -0.4 is 0 Å². The van der Waals surface area contributed by atoms with Crippen LogP contribution in [0.2, 0.25) is 5.02 Å². The molecule has 0 N–H and O–H groups in total. The molecule has 4 rings (SSSR count). The number of hydrogen-bond donors (Lipinski definition) is 0. The molecule has 1 aliphatic rings. The fourth-order valence-electron chi connectivity index (χ4n) is 4.59. The van der Waals surface area contributed by atoms with Gasteiger partial charge in [-0.25, -0.2) is 4.98 Å². The van der Waals surface area contributed by atoms with E-state index in [2.05, 4.69) is 36.6 Å². The van der Waals surface area contributed by atoms with Crippen LogP contribution in [0, 0.1) is 5.92 Å². The lowest BCUT2D eigenvalue weighted by atomic mass is 9.95. The zero-order valence-corrected chi connectivity index (χ0v) is 19.3. The number of nitrogens with zero attached hydrogens (tertiary/aromatic N) is 3. The molecule has 164 valence electrons. The summed E-state index contributed by atoms with van der Waals surface area (Å²) < 4.78 is 2.42. The first-order chi connectivity index (χ1) is 15.0. The Hall–Kier alpha value is -2.33. The summed E-state index contributed by atoms with van der Waals surface area (Å²) in [6.45, 7) is 5.61. The van der Waals surface area contributed by atoms with Gasteiger partial charge in [-0.1, -0.05) is 62.9 Å². The second kappa shape index (κ2) is 9.86. The first-order valence-electron chi connectivity index (χ1n) is 11.5. The Kier molecular flexibility index (Phi) is 6.96. The Bertz CT molecular complexity index is 1040. The molecule has 0 radical (unpaired) electrons. The van der Waals surface area contributed by atoms with Crippen molar-refractivity contribution < 1.29 is 4.79 Å². The second-order valence-corrected chi connectivity index (χ2v) is 9.53. The number of fused-ring (bicyclic) bond motifs is 1. The van der Waals surface area contributed by atoms with E-state index in [1.165, 1.54) is 37.6 Å². The summed E-state index contributed by atoms with van der Waals surface area (Å²) >= 11 is 6.17. The Labute approximate surface area is 190 Å². The van der Waals surface area contributed by atoms with Crippen molar-refractivity contribution in [3.8, 4) is 0 Å². The van der Waals surface area contributed by atoms with E-state index in [0.29, 0.717) is 35.6 Å². The molecule has 0 saturated heterocycles. The predicted molar refractivity (Wildman–Crippen MR) is 128 cm³/mol. The summed E-state index contributed by atoms with van der Waals surface area (Å²) in [4.78, 5) is 20.4. The van der Waals surface area contributed by atoms with Crippen molar-refractivity contribution in [3.05, 3.63) is 64.9 Å². The Morgan fingerprint density at radius 1 is 1.13 bits per heavy atom. The average Bonchev–Trinajstić information content (AvgIpc) is 3.14. The number of carbonyl (C=O) groups is 1. The van der Waals surface area contributed by atoms with Gasteiger partial charge in [0, 0.05) is 23.2 Å². The molecule has 1 heterocycles. The first-order valence-corrected chi connectivity index (χ1v) is 11.9. The molecular weight excluding hydrogens is 406 g/mol. The molecule has 1 aromatic heterocycles. The van der Waals surface area contributed by atoms with E-state index in [9.17, 15) is 4.79 Å². The van der Waals surface area contributed by atoms with Gasteiger partial charge >= 0.3 is 0 Å². The van der Waals surface area contributed by atoms with E-state index in [4.69, 9.17) is 16.6 Å². The van der Waals surface area contributed by atoms with E-state index in [0.717, 1.165) is 17.8 Å². The topological polar surface area (TPSA) is 38.1 Å². The van der Waals surface area contributed by atoms with E-state index in [-0.39, 0.29) is 5.91 Å². The quantitative estimate of drug-likeness (QED) is 0.403. The molecule has 0 spiro atoms. The fourth-order valence-corrected chi connectivity index (χ4v) is 4.78. The lowest BCUT2D eigenvalue weighted by Crippen LogP contribution is -2.33. The molecule has 1 saturated carbocycles. The van der Waals surface area contributed by atoms with Gasteiger partial charge in [0.25, 0.3) is 5.91 Å². The molecule has 1 aliphatic carbocycles. The van der Waals surface area contributed by atoms with Gasteiger partial charge < -0.3 is 9.47 Å². The number of halogens is 1. The highest BCUT2D eigenvalue weighted by Crippen LogP contribution is 2.33. The first kappa shape index (κ1) is 21.9. The number of imidazole rings is 1. The minimum absolute atomic E-state index is 0.0189. The third kappa shape index (κ3) is 5.12. The number of amides is 1. The molecule has 5 heteroatoms. The molecular formula is C26H32ClN3O. The SMILES string of the molecule is CC(C)CCN(Cc1nc2ccccc2n1C1CCCCC1)C(=O)c1cccc(Cl)c1. The van der Waals surface area contributed by atoms with Crippen molar-refractivity contribution in [1.82, 2.24) is 14.5 Å². The lowest BCUT2D eigenvalue weighted by Gasteiger charge is -2.28. The van der Waals surface area contributed by atoms with Gasteiger partial charge in [-0.15, -0.1) is 0 Å². The highest BCUT2D eigenvalue weighted by Gasteiger charge is 2.24. The highest BCUT2D eigenvalue weighted by molar-refractivity contribution is 6.30. The van der Waals surface area contributed by atoms with Crippen LogP contribution in [0.5, 0.6) is 0 Å². The van der Waals surface area contributed by atoms with Gasteiger partial charge in [0.2, 0.25) is 0 Å². The zero-order chi connectivity index (χ0) is 21.8. The van der Waals surface area contributed by atoms with Gasteiger partial charge in [0.1, 0.15) is 5.82 Å². The zero-order valence-electron chi connectivity index (χ0n) is 18.6. The van der Waals surface area contributed by atoms with E-state index < -0.39 is 0 Å². The van der Waals surface area contributed by atoms with Crippen LogP contribution in [0.15, 0.2) is 48.5 Å². The van der Waals surface area contributed by atoms with Crippen LogP contribution in [0.25, 0.3) is 11.0 Å². The predicted octanol–water partition coefficient (Wildman–Crippen LogP) is 6.88. The number of para-hydroxylation sites is 2. The Morgan fingerprint density at radius 3 is 2.65 bits per heavy atom. The van der Waals surface area contributed by atoms with Crippen LogP contribution in [0.4, 0.5) is 0 Å². The average molecular weight is 438 g/mol. The largest absolute Gasteiger partial charge is 0.331 e. The van der Waals surface area contributed by atoms with Crippen molar-refractivity contribution in [2.45, 2.75) is 65.0 Å². The summed E-state index contributed by atoms with van der Waals surface area (Å²) in [6.07, 6.45) is 7.15. The number of hydrogen-bond acceptors (Lipinski definition) is 2. The smallest absolute Gasteiger partial charge is 0.254 e. The van der Waals surface area contributed by atoms with Gasteiger partial charge in [0.15, 0.2) is 0 Å². The summed E-state index contributed by atoms with van der Waals surface area (Å²) in [5.41, 5.74) is 2.84. The standard InChI is InChI=1S/C26H32ClN3O/c1-19(2)15-16-29(26(31)20-9-8-10-21(27)17-20)18-25-28-23-13-6-7-14-24(23)30(25)22-11-4-3-5-12-22/h6-10,13-14,17,19,22H,3-5,11-12,15-16,18H2,1-2H3. The van der Waals surface area contributed by atoms with Gasteiger partial charge in [-0.2, -0.15) is 0 Å². The van der Waals surface area contributed by atoms with E-state index >= 15 is 0 Å². The van der Waals surface area contributed by atoms with Crippen molar-refractivity contribution in [3.63, 3.8) is 0 Å². The minimum Gasteiger partial charge on any atom is -0.331 e. The number of benzene rings is 2. The fraction of sp³-hybridized carbons (Fsp3) is 0.462. The number of aromatic nitrogens is 2.